The van der Waals surface area contributed by atoms with E-state index < -0.39 is 0 Å². The first-order valence-electron chi connectivity index (χ1n) is 5.37. The van der Waals surface area contributed by atoms with Gasteiger partial charge in [0.05, 0.1) is 7.11 Å². The van der Waals surface area contributed by atoms with Gasteiger partial charge in [-0.25, -0.2) is 0 Å². The highest BCUT2D eigenvalue weighted by Crippen LogP contribution is 2.35. The van der Waals surface area contributed by atoms with Crippen molar-refractivity contribution in [1.82, 2.24) is 0 Å². The van der Waals surface area contributed by atoms with Gasteiger partial charge in [0.25, 0.3) is 0 Å². The fourth-order valence-electron chi connectivity index (χ4n) is 1.95. The lowest BCUT2D eigenvalue weighted by atomic mass is 9.80. The minimum atomic E-state index is 0.0755. The van der Waals surface area contributed by atoms with Gasteiger partial charge in [-0.2, -0.15) is 0 Å². The van der Waals surface area contributed by atoms with Gasteiger partial charge in [0, 0.05) is 5.56 Å². The maximum Gasteiger partial charge on any atom is 0.125 e. The highest BCUT2D eigenvalue weighted by molar-refractivity contribution is 5.44. The van der Waals surface area contributed by atoms with Gasteiger partial charge in [0.1, 0.15) is 5.75 Å². The van der Waals surface area contributed by atoms with Crippen molar-refractivity contribution in [3.8, 4) is 5.75 Å². The Kier molecular flexibility index (Phi) is 3.75. The van der Waals surface area contributed by atoms with Gasteiger partial charge in [0.15, 0.2) is 0 Å². The van der Waals surface area contributed by atoms with E-state index in [2.05, 4.69) is 39.0 Å². The highest BCUT2D eigenvalue weighted by atomic mass is 16.5. The molecule has 0 saturated carbocycles. The number of methoxy groups -OCH3 is 1. The number of hydrogen-bond donors (Lipinski definition) is 1. The van der Waals surface area contributed by atoms with Gasteiger partial charge < -0.3 is 10.5 Å². The van der Waals surface area contributed by atoms with Crippen molar-refractivity contribution in [1.29, 1.82) is 0 Å². The van der Waals surface area contributed by atoms with Crippen molar-refractivity contribution in [2.75, 3.05) is 13.7 Å². The molecule has 2 heteroatoms. The van der Waals surface area contributed by atoms with E-state index in [-0.39, 0.29) is 5.41 Å². The monoisotopic (exact) mass is 207 g/mol. The van der Waals surface area contributed by atoms with Crippen molar-refractivity contribution in [3.05, 3.63) is 29.3 Å². The van der Waals surface area contributed by atoms with Gasteiger partial charge >= 0.3 is 0 Å². The summed E-state index contributed by atoms with van der Waals surface area (Å²) in [5.74, 6) is 0.996. The average molecular weight is 207 g/mol. The number of nitrogens with two attached hydrogens (primary N) is 1. The number of para-hydroxylation sites is 1. The van der Waals surface area contributed by atoms with Crippen molar-refractivity contribution < 1.29 is 4.74 Å². The summed E-state index contributed by atoms with van der Waals surface area (Å²) in [5, 5.41) is 0. The molecule has 0 saturated heterocycles. The van der Waals surface area contributed by atoms with E-state index in [0.717, 1.165) is 12.2 Å². The molecule has 0 aliphatic heterocycles. The van der Waals surface area contributed by atoms with Gasteiger partial charge in [-0.1, -0.05) is 32.0 Å². The fourth-order valence-corrected chi connectivity index (χ4v) is 1.95. The molecule has 0 amide bonds. The van der Waals surface area contributed by atoms with E-state index in [0.29, 0.717) is 6.54 Å². The van der Waals surface area contributed by atoms with Crippen LogP contribution in [0.1, 0.15) is 31.4 Å². The zero-order valence-corrected chi connectivity index (χ0v) is 10.1. The first-order valence-corrected chi connectivity index (χ1v) is 5.37. The Bertz CT molecular complexity index is 331. The Labute approximate surface area is 92.4 Å². The largest absolute Gasteiger partial charge is 0.496 e. The predicted molar refractivity (Wildman–Crippen MR) is 64.4 cm³/mol. The molecule has 1 rings (SSSR count). The zero-order valence-electron chi connectivity index (χ0n) is 10.1. The quantitative estimate of drug-likeness (QED) is 0.823. The summed E-state index contributed by atoms with van der Waals surface area (Å²) in [6.07, 6.45) is 0.965. The topological polar surface area (TPSA) is 35.2 Å². The molecule has 2 N–H and O–H groups in total. The number of ether oxygens (including phenoxy) is 1. The zero-order chi connectivity index (χ0) is 11.5. The standard InChI is InChI=1S/C13H21NO/c1-10-6-5-7-11(12(10)15-4)13(2,3)8-9-14/h5-7H,8-9,14H2,1-4H3. The van der Waals surface area contributed by atoms with Crippen molar-refractivity contribution >= 4 is 0 Å². The van der Waals surface area contributed by atoms with Crippen molar-refractivity contribution in [2.24, 2.45) is 5.73 Å². The SMILES string of the molecule is COc1c(C)cccc1C(C)(C)CCN. The lowest BCUT2D eigenvalue weighted by molar-refractivity contribution is 0.384. The predicted octanol–water partition coefficient (Wildman–Crippen LogP) is 2.63. The third-order valence-corrected chi connectivity index (χ3v) is 2.91. The highest BCUT2D eigenvalue weighted by Gasteiger charge is 2.24. The molecule has 0 heterocycles. The van der Waals surface area contributed by atoms with Crippen LogP contribution in [0, 0.1) is 6.92 Å². The molecule has 0 aromatic heterocycles. The molecule has 0 radical (unpaired) electrons. The summed E-state index contributed by atoms with van der Waals surface area (Å²) in [5.41, 5.74) is 8.14. The summed E-state index contributed by atoms with van der Waals surface area (Å²) in [7, 11) is 1.73. The van der Waals surface area contributed by atoms with Crippen LogP contribution in [-0.4, -0.2) is 13.7 Å². The third kappa shape index (κ3) is 2.51. The van der Waals surface area contributed by atoms with E-state index >= 15 is 0 Å². The molecular formula is C13H21NO. The van der Waals surface area contributed by atoms with Crippen molar-refractivity contribution in [3.63, 3.8) is 0 Å². The summed E-state index contributed by atoms with van der Waals surface area (Å²) >= 11 is 0. The summed E-state index contributed by atoms with van der Waals surface area (Å²) < 4.78 is 5.47. The minimum absolute atomic E-state index is 0.0755. The molecule has 1 aromatic carbocycles. The third-order valence-electron chi connectivity index (χ3n) is 2.91. The van der Waals surface area contributed by atoms with E-state index in [9.17, 15) is 0 Å². The van der Waals surface area contributed by atoms with Crippen LogP contribution in [0.15, 0.2) is 18.2 Å². The molecule has 15 heavy (non-hydrogen) atoms. The van der Waals surface area contributed by atoms with Crippen LogP contribution in [0.4, 0.5) is 0 Å². The van der Waals surface area contributed by atoms with E-state index in [1.165, 1.54) is 11.1 Å². The summed E-state index contributed by atoms with van der Waals surface area (Å²) in [6.45, 7) is 7.18. The Morgan fingerprint density at radius 2 is 2.00 bits per heavy atom. The average Bonchev–Trinajstić information content (AvgIpc) is 2.17. The lowest BCUT2D eigenvalue weighted by Crippen LogP contribution is -2.22. The number of benzene rings is 1. The molecule has 0 fully saturated rings. The number of rotatable bonds is 4. The van der Waals surface area contributed by atoms with E-state index in [1.807, 2.05) is 0 Å². The van der Waals surface area contributed by atoms with E-state index in [4.69, 9.17) is 10.5 Å². The van der Waals surface area contributed by atoms with Gasteiger partial charge in [0.2, 0.25) is 0 Å². The van der Waals surface area contributed by atoms with Gasteiger partial charge in [-0.05, 0) is 30.9 Å². The van der Waals surface area contributed by atoms with Crippen LogP contribution in [-0.2, 0) is 5.41 Å². The first kappa shape index (κ1) is 12.1. The van der Waals surface area contributed by atoms with Crippen LogP contribution in [0.2, 0.25) is 0 Å². The molecule has 0 unspecified atom stereocenters. The Balaban J connectivity index is 3.18. The first-order chi connectivity index (χ1) is 7.03. The minimum Gasteiger partial charge on any atom is -0.496 e. The van der Waals surface area contributed by atoms with Crippen molar-refractivity contribution in [2.45, 2.75) is 32.6 Å². The summed E-state index contributed by atoms with van der Waals surface area (Å²) in [4.78, 5) is 0. The molecule has 2 nitrogen and oxygen atoms in total. The normalized spacial score (nSPS) is 11.5. The van der Waals surface area contributed by atoms with Gasteiger partial charge in [-0.3, -0.25) is 0 Å². The molecule has 0 atom stereocenters. The second-order valence-corrected chi connectivity index (χ2v) is 4.58. The maximum atomic E-state index is 5.64. The van der Waals surface area contributed by atoms with Crippen LogP contribution in [0.25, 0.3) is 0 Å². The van der Waals surface area contributed by atoms with Crippen LogP contribution >= 0.6 is 0 Å². The number of aryl methyl sites for hydroxylation is 1. The molecule has 1 aromatic rings. The second-order valence-electron chi connectivity index (χ2n) is 4.58. The molecular weight excluding hydrogens is 186 g/mol. The van der Waals surface area contributed by atoms with Crippen LogP contribution in [0.5, 0.6) is 5.75 Å². The molecule has 84 valence electrons. The Hall–Kier alpha value is -1.02. The molecule has 0 aliphatic carbocycles. The molecule has 0 spiro atoms. The number of hydrogen-bond acceptors (Lipinski definition) is 2. The van der Waals surface area contributed by atoms with Gasteiger partial charge in [-0.15, -0.1) is 0 Å². The van der Waals surface area contributed by atoms with Crippen LogP contribution in [0.3, 0.4) is 0 Å². The van der Waals surface area contributed by atoms with Crippen LogP contribution < -0.4 is 10.5 Å². The van der Waals surface area contributed by atoms with E-state index in [1.54, 1.807) is 7.11 Å². The molecule has 0 bridgehead atoms. The Morgan fingerprint density at radius 3 is 2.53 bits per heavy atom. The fraction of sp³-hybridized carbons (Fsp3) is 0.538. The Morgan fingerprint density at radius 1 is 1.33 bits per heavy atom. The maximum absolute atomic E-state index is 5.64. The molecule has 0 aliphatic rings. The lowest BCUT2D eigenvalue weighted by Gasteiger charge is -2.27. The second kappa shape index (κ2) is 4.67. The summed E-state index contributed by atoms with van der Waals surface area (Å²) in [6, 6.07) is 6.27. The smallest absolute Gasteiger partial charge is 0.125 e.